The Labute approximate surface area is 92.6 Å². The zero-order valence-electron chi connectivity index (χ0n) is 9.86. The fourth-order valence-electron chi connectivity index (χ4n) is 2.01. The smallest absolute Gasteiger partial charge is 0.0149 e. The molecule has 14 heavy (non-hydrogen) atoms. The minimum absolute atomic E-state index is 0.315. The van der Waals surface area contributed by atoms with E-state index in [2.05, 4.69) is 44.4 Å². The monoisotopic (exact) mass is 216 g/mol. The van der Waals surface area contributed by atoms with E-state index < -0.39 is 0 Å². The maximum absolute atomic E-state index is 5.89. The van der Waals surface area contributed by atoms with Gasteiger partial charge in [0.25, 0.3) is 0 Å². The van der Waals surface area contributed by atoms with Crippen LogP contribution in [-0.4, -0.2) is 41.1 Å². The lowest BCUT2D eigenvalue weighted by molar-refractivity contribution is 0.223. The predicted octanol–water partition coefficient (Wildman–Crippen LogP) is 1.80. The molecule has 0 aromatic carbocycles. The molecule has 0 bridgehead atoms. The quantitative estimate of drug-likeness (QED) is 0.780. The molecule has 0 aromatic rings. The third-order valence-electron chi connectivity index (χ3n) is 2.94. The summed E-state index contributed by atoms with van der Waals surface area (Å²) in [7, 11) is 0. The molecule has 0 spiro atoms. The first-order valence-corrected chi connectivity index (χ1v) is 6.56. The molecule has 1 saturated heterocycles. The van der Waals surface area contributed by atoms with Crippen molar-refractivity contribution in [1.29, 1.82) is 0 Å². The number of nitrogens with two attached hydrogens (primary N) is 1. The second-order valence-electron chi connectivity index (χ2n) is 4.81. The molecule has 2 nitrogen and oxygen atoms in total. The third kappa shape index (κ3) is 3.79. The lowest BCUT2D eigenvalue weighted by Crippen LogP contribution is -2.44. The average molecular weight is 216 g/mol. The summed E-state index contributed by atoms with van der Waals surface area (Å²) in [6, 6.07) is 0.315. The van der Waals surface area contributed by atoms with Gasteiger partial charge in [-0.1, -0.05) is 20.8 Å². The van der Waals surface area contributed by atoms with Crippen LogP contribution in [0.2, 0.25) is 0 Å². The van der Waals surface area contributed by atoms with Crippen LogP contribution in [0.5, 0.6) is 0 Å². The van der Waals surface area contributed by atoms with Gasteiger partial charge in [0, 0.05) is 36.2 Å². The van der Waals surface area contributed by atoms with Gasteiger partial charge in [0.05, 0.1) is 0 Å². The summed E-state index contributed by atoms with van der Waals surface area (Å²) in [6.45, 7) is 12.6. The standard InChI is InChI=1S/C11H24N2S/c1-8(11(4)12)5-13-6-9(2)14-10(3)7-13/h8-11H,5-7,12H2,1-4H3. The number of nitrogens with zero attached hydrogens (tertiary/aromatic N) is 1. The average Bonchev–Trinajstić information content (AvgIpc) is 2.01. The van der Waals surface area contributed by atoms with Gasteiger partial charge in [0.2, 0.25) is 0 Å². The molecule has 3 heteroatoms. The van der Waals surface area contributed by atoms with Gasteiger partial charge >= 0.3 is 0 Å². The first kappa shape index (κ1) is 12.3. The molecule has 2 N–H and O–H groups in total. The van der Waals surface area contributed by atoms with Gasteiger partial charge < -0.3 is 10.6 Å². The summed E-state index contributed by atoms with van der Waals surface area (Å²) >= 11 is 2.11. The minimum atomic E-state index is 0.315. The molecule has 1 rings (SSSR count). The van der Waals surface area contributed by atoms with Gasteiger partial charge in [-0.15, -0.1) is 0 Å². The molecule has 84 valence electrons. The summed E-state index contributed by atoms with van der Waals surface area (Å²) in [6.07, 6.45) is 0. The Balaban J connectivity index is 2.36. The van der Waals surface area contributed by atoms with Gasteiger partial charge in [0.1, 0.15) is 0 Å². The van der Waals surface area contributed by atoms with E-state index in [9.17, 15) is 0 Å². The number of hydrogen-bond donors (Lipinski definition) is 1. The van der Waals surface area contributed by atoms with Crippen molar-refractivity contribution in [3.05, 3.63) is 0 Å². The van der Waals surface area contributed by atoms with Gasteiger partial charge in [-0.3, -0.25) is 0 Å². The Bertz CT molecular complexity index is 163. The molecule has 1 heterocycles. The highest BCUT2D eigenvalue weighted by atomic mass is 32.2. The molecular weight excluding hydrogens is 192 g/mol. The van der Waals surface area contributed by atoms with E-state index in [1.807, 2.05) is 0 Å². The number of rotatable bonds is 3. The van der Waals surface area contributed by atoms with Crippen molar-refractivity contribution in [3.8, 4) is 0 Å². The summed E-state index contributed by atoms with van der Waals surface area (Å²) < 4.78 is 0. The van der Waals surface area contributed by atoms with Crippen molar-refractivity contribution in [2.75, 3.05) is 19.6 Å². The maximum atomic E-state index is 5.89. The molecule has 1 aliphatic rings. The van der Waals surface area contributed by atoms with E-state index in [1.54, 1.807) is 0 Å². The zero-order chi connectivity index (χ0) is 10.7. The summed E-state index contributed by atoms with van der Waals surface area (Å²) in [4.78, 5) is 2.57. The van der Waals surface area contributed by atoms with Crippen LogP contribution in [0, 0.1) is 5.92 Å². The Kier molecular flexibility index (Phi) is 4.74. The largest absolute Gasteiger partial charge is 0.328 e. The summed E-state index contributed by atoms with van der Waals surface area (Å²) in [5.74, 6) is 0.609. The Morgan fingerprint density at radius 1 is 1.29 bits per heavy atom. The maximum Gasteiger partial charge on any atom is 0.0149 e. The van der Waals surface area contributed by atoms with Gasteiger partial charge in [-0.05, 0) is 12.8 Å². The topological polar surface area (TPSA) is 29.3 Å². The molecule has 0 aromatic heterocycles. The molecule has 4 unspecified atom stereocenters. The summed E-state index contributed by atoms with van der Waals surface area (Å²) in [5, 5.41) is 1.55. The van der Waals surface area contributed by atoms with E-state index in [0.29, 0.717) is 12.0 Å². The molecule has 0 amide bonds. The van der Waals surface area contributed by atoms with E-state index in [0.717, 1.165) is 17.0 Å². The van der Waals surface area contributed by atoms with E-state index in [1.165, 1.54) is 13.1 Å². The van der Waals surface area contributed by atoms with Crippen LogP contribution >= 0.6 is 11.8 Å². The Morgan fingerprint density at radius 3 is 2.21 bits per heavy atom. The normalized spacial score (nSPS) is 34.1. The first-order chi connectivity index (χ1) is 6.49. The second-order valence-corrected chi connectivity index (χ2v) is 6.69. The van der Waals surface area contributed by atoms with Crippen LogP contribution in [0.4, 0.5) is 0 Å². The molecule has 4 atom stereocenters. The van der Waals surface area contributed by atoms with Crippen LogP contribution in [0.15, 0.2) is 0 Å². The third-order valence-corrected chi connectivity index (χ3v) is 4.17. The van der Waals surface area contributed by atoms with Crippen LogP contribution < -0.4 is 5.73 Å². The highest BCUT2D eigenvalue weighted by Crippen LogP contribution is 2.25. The van der Waals surface area contributed by atoms with Crippen LogP contribution in [0.3, 0.4) is 0 Å². The van der Waals surface area contributed by atoms with Crippen molar-refractivity contribution in [1.82, 2.24) is 4.90 Å². The van der Waals surface area contributed by atoms with E-state index in [-0.39, 0.29) is 0 Å². The van der Waals surface area contributed by atoms with Crippen molar-refractivity contribution < 1.29 is 0 Å². The highest BCUT2D eigenvalue weighted by Gasteiger charge is 2.23. The van der Waals surface area contributed by atoms with Crippen LogP contribution in [0.1, 0.15) is 27.7 Å². The highest BCUT2D eigenvalue weighted by molar-refractivity contribution is 8.00. The van der Waals surface area contributed by atoms with Crippen molar-refractivity contribution in [2.24, 2.45) is 11.7 Å². The summed E-state index contributed by atoms with van der Waals surface area (Å²) in [5.41, 5.74) is 5.89. The van der Waals surface area contributed by atoms with E-state index in [4.69, 9.17) is 5.73 Å². The van der Waals surface area contributed by atoms with Crippen molar-refractivity contribution in [3.63, 3.8) is 0 Å². The van der Waals surface area contributed by atoms with Gasteiger partial charge in [-0.25, -0.2) is 0 Å². The number of thioether (sulfide) groups is 1. The van der Waals surface area contributed by atoms with Gasteiger partial charge in [0.15, 0.2) is 0 Å². The fraction of sp³-hybridized carbons (Fsp3) is 1.00. The lowest BCUT2D eigenvalue weighted by atomic mass is 10.0. The van der Waals surface area contributed by atoms with Crippen LogP contribution in [0.25, 0.3) is 0 Å². The molecule has 0 saturated carbocycles. The van der Waals surface area contributed by atoms with Crippen molar-refractivity contribution in [2.45, 2.75) is 44.2 Å². The number of hydrogen-bond acceptors (Lipinski definition) is 3. The molecule has 1 aliphatic heterocycles. The second kappa shape index (κ2) is 5.38. The van der Waals surface area contributed by atoms with Crippen LogP contribution in [-0.2, 0) is 0 Å². The molecule has 0 aliphatic carbocycles. The Hall–Kier alpha value is 0.270. The molecule has 0 radical (unpaired) electrons. The fourth-order valence-corrected chi connectivity index (χ4v) is 3.39. The lowest BCUT2D eigenvalue weighted by Gasteiger charge is -2.36. The van der Waals surface area contributed by atoms with Crippen molar-refractivity contribution >= 4 is 11.8 Å². The van der Waals surface area contributed by atoms with Gasteiger partial charge in [-0.2, -0.15) is 11.8 Å². The van der Waals surface area contributed by atoms with E-state index >= 15 is 0 Å². The molecule has 1 fully saturated rings. The molecular formula is C11H24N2S. The minimum Gasteiger partial charge on any atom is -0.328 e. The SMILES string of the molecule is CC1CN(CC(C)C(C)N)CC(C)S1. The Morgan fingerprint density at radius 2 is 1.79 bits per heavy atom. The first-order valence-electron chi connectivity index (χ1n) is 5.62. The zero-order valence-corrected chi connectivity index (χ0v) is 10.7. The predicted molar refractivity (Wildman–Crippen MR) is 65.8 cm³/mol.